The zero-order chi connectivity index (χ0) is 30.8. The lowest BCUT2D eigenvalue weighted by Gasteiger charge is -2.40. The van der Waals surface area contributed by atoms with Crippen LogP contribution < -0.4 is 9.64 Å². The summed E-state index contributed by atoms with van der Waals surface area (Å²) in [7, 11) is 0. The number of carboxylic acids is 2. The van der Waals surface area contributed by atoms with Crippen molar-refractivity contribution in [2.45, 2.75) is 39.8 Å². The number of hydrogen-bond acceptors (Lipinski definition) is 6. The van der Waals surface area contributed by atoms with E-state index in [4.69, 9.17) is 24.5 Å². The second-order valence-electron chi connectivity index (χ2n) is 11.1. The fourth-order valence-corrected chi connectivity index (χ4v) is 5.57. The number of piperidine rings is 1. The minimum absolute atomic E-state index is 0.157. The van der Waals surface area contributed by atoms with Crippen molar-refractivity contribution < 1.29 is 29.3 Å². The van der Waals surface area contributed by atoms with E-state index in [9.17, 15) is 4.79 Å². The van der Waals surface area contributed by atoms with Gasteiger partial charge in [-0.3, -0.25) is 9.69 Å². The van der Waals surface area contributed by atoms with Gasteiger partial charge in [-0.1, -0.05) is 54.6 Å². The molecule has 9 nitrogen and oxygen atoms in total. The molecule has 2 fully saturated rings. The molecule has 3 aromatic carbocycles. The van der Waals surface area contributed by atoms with Crippen molar-refractivity contribution in [3.63, 3.8) is 0 Å². The molecule has 5 rings (SSSR count). The molecule has 0 aliphatic carbocycles. The summed E-state index contributed by atoms with van der Waals surface area (Å²) in [5.74, 6) is -2.22. The first-order valence-electron chi connectivity index (χ1n) is 14.8. The summed E-state index contributed by atoms with van der Waals surface area (Å²) in [6, 6.07) is 25.2. The van der Waals surface area contributed by atoms with E-state index in [0.29, 0.717) is 12.5 Å². The lowest BCUT2D eigenvalue weighted by molar-refractivity contribution is -0.159. The Kier molecular flexibility index (Phi) is 11.2. The highest BCUT2D eigenvalue weighted by atomic mass is 16.5. The van der Waals surface area contributed by atoms with Gasteiger partial charge >= 0.3 is 11.9 Å². The minimum atomic E-state index is -1.82. The molecule has 0 unspecified atom stereocenters. The maximum absolute atomic E-state index is 13.3. The minimum Gasteiger partial charge on any atom is -0.489 e. The van der Waals surface area contributed by atoms with Gasteiger partial charge in [0.05, 0.1) is 0 Å². The van der Waals surface area contributed by atoms with Crippen LogP contribution >= 0.6 is 0 Å². The number of carbonyl (C=O) groups excluding carboxylic acids is 1. The number of likely N-dealkylation sites (tertiary alicyclic amines) is 1. The molecule has 43 heavy (non-hydrogen) atoms. The number of carboxylic acid groups (broad SMARTS) is 2. The molecule has 0 radical (unpaired) electrons. The third kappa shape index (κ3) is 9.06. The Hall–Kier alpha value is -4.37. The third-order valence-corrected chi connectivity index (χ3v) is 8.18. The molecular weight excluding hydrogens is 546 g/mol. The van der Waals surface area contributed by atoms with E-state index in [-0.39, 0.29) is 5.92 Å². The van der Waals surface area contributed by atoms with E-state index in [1.807, 2.05) is 24.3 Å². The number of nitrogens with zero attached hydrogens (tertiary/aromatic N) is 3. The summed E-state index contributed by atoms with van der Waals surface area (Å²) in [6.07, 6.45) is 1.89. The van der Waals surface area contributed by atoms with Crippen LogP contribution in [0.25, 0.3) is 0 Å². The van der Waals surface area contributed by atoms with Crippen molar-refractivity contribution in [2.75, 3.05) is 44.2 Å². The number of hydrogen-bond donors (Lipinski definition) is 2. The van der Waals surface area contributed by atoms with Gasteiger partial charge in [0.2, 0.25) is 5.91 Å². The average molecular weight is 588 g/mol. The maximum atomic E-state index is 13.3. The van der Waals surface area contributed by atoms with Crippen molar-refractivity contribution >= 4 is 23.5 Å². The van der Waals surface area contributed by atoms with Gasteiger partial charge in [-0.25, -0.2) is 9.59 Å². The first kappa shape index (κ1) is 31.6. The first-order valence-corrected chi connectivity index (χ1v) is 14.8. The maximum Gasteiger partial charge on any atom is 0.414 e. The Morgan fingerprint density at radius 2 is 1.40 bits per heavy atom. The van der Waals surface area contributed by atoms with Gasteiger partial charge in [0, 0.05) is 44.3 Å². The van der Waals surface area contributed by atoms with E-state index < -0.39 is 11.9 Å². The van der Waals surface area contributed by atoms with Gasteiger partial charge in [-0.05, 0) is 80.2 Å². The van der Waals surface area contributed by atoms with Crippen LogP contribution in [0.15, 0.2) is 72.8 Å². The van der Waals surface area contributed by atoms with Crippen LogP contribution in [0.4, 0.5) is 5.69 Å². The van der Waals surface area contributed by atoms with Crippen molar-refractivity contribution in [3.8, 4) is 5.75 Å². The number of rotatable bonds is 7. The Labute approximate surface area is 253 Å². The van der Waals surface area contributed by atoms with Crippen LogP contribution in [0, 0.1) is 19.8 Å². The van der Waals surface area contributed by atoms with Gasteiger partial charge in [0.15, 0.2) is 0 Å². The van der Waals surface area contributed by atoms with Gasteiger partial charge < -0.3 is 24.7 Å². The van der Waals surface area contributed by atoms with Gasteiger partial charge in [-0.2, -0.15) is 0 Å². The summed E-state index contributed by atoms with van der Waals surface area (Å²) in [5.41, 5.74) is 6.43. The van der Waals surface area contributed by atoms with Crippen molar-refractivity contribution in [3.05, 3.63) is 95.1 Å². The van der Waals surface area contributed by atoms with Crippen LogP contribution in [0.5, 0.6) is 5.75 Å². The van der Waals surface area contributed by atoms with E-state index in [1.165, 1.54) is 27.9 Å². The molecule has 0 atom stereocenters. The normalized spacial score (nSPS) is 15.8. The monoisotopic (exact) mass is 587 g/mol. The van der Waals surface area contributed by atoms with E-state index in [0.717, 1.165) is 64.4 Å². The molecule has 0 bridgehead atoms. The fourth-order valence-electron chi connectivity index (χ4n) is 5.57. The Morgan fingerprint density at radius 3 is 2.05 bits per heavy atom. The highest BCUT2D eigenvalue weighted by Crippen LogP contribution is 2.26. The number of benzene rings is 3. The largest absolute Gasteiger partial charge is 0.489 e. The molecule has 9 heteroatoms. The summed E-state index contributed by atoms with van der Waals surface area (Å²) in [6.45, 7) is 11.3. The summed E-state index contributed by atoms with van der Waals surface area (Å²) < 4.78 is 6.01. The number of carbonyl (C=O) groups is 3. The van der Waals surface area contributed by atoms with Gasteiger partial charge in [-0.15, -0.1) is 0 Å². The predicted octanol–water partition coefficient (Wildman–Crippen LogP) is 4.60. The number of anilines is 1. The third-order valence-electron chi connectivity index (χ3n) is 8.18. The number of aryl methyl sites for hydroxylation is 1. The predicted molar refractivity (Wildman–Crippen MR) is 165 cm³/mol. The highest BCUT2D eigenvalue weighted by Gasteiger charge is 2.30. The molecule has 2 heterocycles. The summed E-state index contributed by atoms with van der Waals surface area (Å²) in [4.78, 5) is 38.5. The number of ether oxygens (including phenoxy) is 1. The van der Waals surface area contributed by atoms with E-state index in [2.05, 4.69) is 77.1 Å². The summed E-state index contributed by atoms with van der Waals surface area (Å²) in [5, 5.41) is 14.8. The molecule has 0 spiro atoms. The molecule has 2 aliphatic rings. The molecule has 3 aromatic rings. The molecule has 228 valence electrons. The van der Waals surface area contributed by atoms with Gasteiger partial charge in [0.1, 0.15) is 12.4 Å². The molecule has 1 amide bonds. The second-order valence-corrected chi connectivity index (χ2v) is 11.1. The quantitative estimate of drug-likeness (QED) is 0.386. The molecule has 0 saturated carbocycles. The van der Waals surface area contributed by atoms with Crippen molar-refractivity contribution in [1.82, 2.24) is 9.80 Å². The molecule has 2 saturated heterocycles. The smallest absolute Gasteiger partial charge is 0.414 e. The molecule has 2 aliphatic heterocycles. The number of aliphatic carboxylic acids is 2. The number of piperazine rings is 1. The van der Waals surface area contributed by atoms with E-state index >= 15 is 0 Å². The molecular formula is C34H41N3O6. The lowest BCUT2D eigenvalue weighted by atomic mass is 9.94. The van der Waals surface area contributed by atoms with Crippen LogP contribution in [0.3, 0.4) is 0 Å². The Morgan fingerprint density at radius 1 is 0.767 bits per heavy atom. The van der Waals surface area contributed by atoms with Crippen LogP contribution in [-0.2, 0) is 27.5 Å². The zero-order valence-corrected chi connectivity index (χ0v) is 24.9. The SMILES string of the molecule is Cc1cccc(N2CCN(C(=O)C3CCN(Cc4cccc(OCc5ccccc5)c4)CC3)CC2)c1C.O=C(O)C(=O)O. The standard InChI is InChI=1S/C32H39N3O2.C2H2O4/c1-25-8-6-13-31(26(25)2)34-18-20-35(21-19-34)32(36)29-14-16-33(17-15-29)23-28-11-7-12-30(22-28)37-24-27-9-4-3-5-10-27;3-1(4)2(5)6/h3-13,22,29H,14-21,23-24H2,1-2H3;(H,3,4)(H,5,6). The topological polar surface area (TPSA) is 111 Å². The van der Waals surface area contributed by atoms with Crippen molar-refractivity contribution in [2.24, 2.45) is 5.92 Å². The Balaban J connectivity index is 0.000000641. The molecule has 2 N–H and O–H groups in total. The zero-order valence-electron chi connectivity index (χ0n) is 24.9. The second kappa shape index (κ2) is 15.2. The van der Waals surface area contributed by atoms with Crippen molar-refractivity contribution in [1.29, 1.82) is 0 Å². The fraction of sp³-hybridized carbons (Fsp3) is 0.382. The van der Waals surface area contributed by atoms with Gasteiger partial charge in [0.25, 0.3) is 0 Å². The summed E-state index contributed by atoms with van der Waals surface area (Å²) >= 11 is 0. The first-order chi connectivity index (χ1) is 20.7. The highest BCUT2D eigenvalue weighted by molar-refractivity contribution is 6.27. The number of amides is 1. The lowest BCUT2D eigenvalue weighted by Crippen LogP contribution is -2.51. The molecule has 0 aromatic heterocycles. The van der Waals surface area contributed by atoms with Crippen LogP contribution in [0.1, 0.15) is 35.1 Å². The van der Waals surface area contributed by atoms with Crippen LogP contribution in [-0.4, -0.2) is 77.1 Å². The van der Waals surface area contributed by atoms with E-state index in [1.54, 1.807) is 0 Å². The average Bonchev–Trinajstić information content (AvgIpc) is 3.02. The Bertz CT molecular complexity index is 1370. The van der Waals surface area contributed by atoms with Crippen LogP contribution in [0.2, 0.25) is 0 Å².